The van der Waals surface area contributed by atoms with Crippen LogP contribution >= 0.6 is 0 Å². The zero-order chi connectivity index (χ0) is 17.9. The molecule has 2 atom stereocenters. The summed E-state index contributed by atoms with van der Waals surface area (Å²) in [6, 6.07) is 6.89. The molecule has 1 amide bonds. The molecule has 7 heteroatoms. The van der Waals surface area contributed by atoms with E-state index in [4.69, 9.17) is 9.47 Å². The summed E-state index contributed by atoms with van der Waals surface area (Å²) in [5.74, 6) is 0.111. The van der Waals surface area contributed by atoms with Crippen LogP contribution in [0.5, 0.6) is 5.88 Å². The zero-order valence-electron chi connectivity index (χ0n) is 14.4. The predicted octanol–water partition coefficient (Wildman–Crippen LogP) is 1.22. The average molecular weight is 355 g/mol. The lowest BCUT2D eigenvalue weighted by atomic mass is 10.0. The highest BCUT2D eigenvalue weighted by atomic mass is 16.5. The third-order valence-electron chi connectivity index (χ3n) is 4.86. The summed E-state index contributed by atoms with van der Waals surface area (Å²) in [5.41, 5.74) is 1.84. The standard InChI is InChI=1S/C19H21N3O4/c23-18-13(10-12-4-3-5-14(12)21-18)19(24)22-15-7-9-25-11-16(15)26-17-6-1-2-8-20-17/h1-2,6,8,10,15-16H,3-5,7,9,11H2,(H,21,23)(H,22,24)/t15-,16-/m1/s1. The topological polar surface area (TPSA) is 93.3 Å². The van der Waals surface area contributed by atoms with Crippen LogP contribution in [0.15, 0.2) is 35.3 Å². The number of nitrogens with zero attached hydrogens (tertiary/aromatic N) is 1. The number of H-pyrrole nitrogens is 1. The molecule has 1 aliphatic heterocycles. The molecular formula is C19H21N3O4. The number of nitrogens with one attached hydrogen (secondary N) is 2. The molecule has 2 aromatic rings. The largest absolute Gasteiger partial charge is 0.470 e. The summed E-state index contributed by atoms with van der Waals surface area (Å²) in [6.45, 7) is 0.898. The van der Waals surface area contributed by atoms with E-state index in [9.17, 15) is 9.59 Å². The lowest BCUT2D eigenvalue weighted by Gasteiger charge is -2.32. The maximum absolute atomic E-state index is 12.7. The van der Waals surface area contributed by atoms with Gasteiger partial charge in [0.15, 0.2) is 0 Å². The summed E-state index contributed by atoms with van der Waals surface area (Å²) in [5, 5.41) is 2.95. The fourth-order valence-corrected chi connectivity index (χ4v) is 3.49. The van der Waals surface area contributed by atoms with Crippen molar-refractivity contribution in [2.24, 2.45) is 0 Å². The van der Waals surface area contributed by atoms with Crippen molar-refractivity contribution in [2.75, 3.05) is 13.2 Å². The highest BCUT2D eigenvalue weighted by molar-refractivity contribution is 5.94. The molecule has 4 rings (SSSR count). The van der Waals surface area contributed by atoms with Crippen molar-refractivity contribution in [3.05, 3.63) is 57.6 Å². The third kappa shape index (κ3) is 3.48. The maximum Gasteiger partial charge on any atom is 0.261 e. The normalized spacial score (nSPS) is 21.8. The first-order valence-electron chi connectivity index (χ1n) is 8.92. The number of rotatable bonds is 4. The Bertz CT molecular complexity index is 850. The van der Waals surface area contributed by atoms with Crippen molar-refractivity contribution < 1.29 is 14.3 Å². The number of aromatic nitrogens is 2. The minimum absolute atomic E-state index is 0.161. The Labute approximate surface area is 150 Å². The predicted molar refractivity (Wildman–Crippen MR) is 94.4 cm³/mol. The van der Waals surface area contributed by atoms with Gasteiger partial charge in [-0.3, -0.25) is 9.59 Å². The molecule has 3 heterocycles. The minimum Gasteiger partial charge on any atom is -0.470 e. The van der Waals surface area contributed by atoms with Gasteiger partial charge in [-0.2, -0.15) is 0 Å². The van der Waals surface area contributed by atoms with E-state index < -0.39 is 0 Å². The number of carbonyl (C=O) groups excluding carboxylic acids is 1. The number of amides is 1. The van der Waals surface area contributed by atoms with Crippen molar-refractivity contribution in [1.29, 1.82) is 0 Å². The molecule has 0 radical (unpaired) electrons. The molecule has 1 aliphatic carbocycles. The van der Waals surface area contributed by atoms with Gasteiger partial charge in [0.2, 0.25) is 5.88 Å². The number of hydrogen-bond donors (Lipinski definition) is 2. The van der Waals surface area contributed by atoms with Crippen LogP contribution < -0.4 is 15.6 Å². The molecule has 1 fully saturated rings. The van der Waals surface area contributed by atoms with Gasteiger partial charge in [0.1, 0.15) is 11.7 Å². The van der Waals surface area contributed by atoms with Crippen LogP contribution in [0.3, 0.4) is 0 Å². The van der Waals surface area contributed by atoms with E-state index in [0.717, 1.165) is 30.5 Å². The number of aromatic amines is 1. The van der Waals surface area contributed by atoms with Gasteiger partial charge < -0.3 is 19.8 Å². The lowest BCUT2D eigenvalue weighted by Crippen LogP contribution is -2.52. The first kappa shape index (κ1) is 16.8. The van der Waals surface area contributed by atoms with E-state index in [2.05, 4.69) is 15.3 Å². The molecule has 0 spiro atoms. The summed E-state index contributed by atoms with van der Waals surface area (Å²) in [4.78, 5) is 31.9. The van der Waals surface area contributed by atoms with Gasteiger partial charge in [-0.05, 0) is 43.4 Å². The fraction of sp³-hybridized carbons (Fsp3) is 0.421. The Morgan fingerprint density at radius 2 is 2.27 bits per heavy atom. The van der Waals surface area contributed by atoms with Crippen molar-refractivity contribution in [3.63, 3.8) is 0 Å². The number of pyridine rings is 2. The van der Waals surface area contributed by atoms with Crippen molar-refractivity contribution in [2.45, 2.75) is 37.8 Å². The molecule has 136 valence electrons. The molecule has 0 unspecified atom stereocenters. The van der Waals surface area contributed by atoms with Gasteiger partial charge in [0, 0.05) is 24.6 Å². The maximum atomic E-state index is 12.7. The number of hydrogen-bond acceptors (Lipinski definition) is 5. The first-order chi connectivity index (χ1) is 12.7. The number of aryl methyl sites for hydroxylation is 2. The highest BCUT2D eigenvalue weighted by Gasteiger charge is 2.30. The Hall–Kier alpha value is -2.67. The van der Waals surface area contributed by atoms with E-state index in [1.807, 2.05) is 12.1 Å². The van der Waals surface area contributed by atoms with Gasteiger partial charge in [-0.1, -0.05) is 6.07 Å². The third-order valence-corrected chi connectivity index (χ3v) is 4.86. The van der Waals surface area contributed by atoms with E-state index in [-0.39, 0.29) is 29.2 Å². The van der Waals surface area contributed by atoms with Crippen molar-refractivity contribution in [1.82, 2.24) is 15.3 Å². The Kier molecular flexibility index (Phi) is 4.71. The molecule has 2 aromatic heterocycles. The Balaban J connectivity index is 1.49. The molecular weight excluding hydrogens is 334 g/mol. The second kappa shape index (κ2) is 7.29. The average Bonchev–Trinajstić information content (AvgIpc) is 3.10. The van der Waals surface area contributed by atoms with E-state index >= 15 is 0 Å². The van der Waals surface area contributed by atoms with Crippen LogP contribution in [0.1, 0.15) is 34.5 Å². The van der Waals surface area contributed by atoms with Crippen LogP contribution in [0.2, 0.25) is 0 Å². The minimum atomic E-state index is -0.373. The number of ether oxygens (including phenoxy) is 2. The van der Waals surface area contributed by atoms with Crippen LogP contribution in [-0.2, 0) is 17.6 Å². The molecule has 2 aliphatic rings. The Morgan fingerprint density at radius 3 is 3.12 bits per heavy atom. The molecule has 1 saturated heterocycles. The van der Waals surface area contributed by atoms with Crippen LogP contribution in [0, 0.1) is 0 Å². The zero-order valence-corrected chi connectivity index (χ0v) is 14.4. The van der Waals surface area contributed by atoms with Crippen molar-refractivity contribution in [3.8, 4) is 5.88 Å². The smallest absolute Gasteiger partial charge is 0.261 e. The molecule has 26 heavy (non-hydrogen) atoms. The van der Waals surface area contributed by atoms with Crippen LogP contribution in [0.4, 0.5) is 0 Å². The number of carbonyl (C=O) groups is 1. The monoisotopic (exact) mass is 355 g/mol. The molecule has 0 aromatic carbocycles. The quantitative estimate of drug-likeness (QED) is 0.860. The second-order valence-corrected chi connectivity index (χ2v) is 6.64. The molecule has 0 saturated carbocycles. The van der Waals surface area contributed by atoms with Crippen molar-refractivity contribution >= 4 is 5.91 Å². The number of fused-ring (bicyclic) bond motifs is 1. The van der Waals surface area contributed by atoms with Crippen LogP contribution in [-0.4, -0.2) is 41.2 Å². The van der Waals surface area contributed by atoms with Gasteiger partial charge >= 0.3 is 0 Å². The van der Waals surface area contributed by atoms with E-state index in [1.165, 1.54) is 0 Å². The molecule has 2 N–H and O–H groups in total. The van der Waals surface area contributed by atoms with Crippen LogP contribution in [0.25, 0.3) is 0 Å². The van der Waals surface area contributed by atoms with Gasteiger partial charge in [0.05, 0.1) is 12.6 Å². The van der Waals surface area contributed by atoms with E-state index in [0.29, 0.717) is 25.5 Å². The van der Waals surface area contributed by atoms with Gasteiger partial charge in [-0.15, -0.1) is 0 Å². The second-order valence-electron chi connectivity index (χ2n) is 6.64. The molecule has 0 bridgehead atoms. The summed E-state index contributed by atoms with van der Waals surface area (Å²) < 4.78 is 11.4. The summed E-state index contributed by atoms with van der Waals surface area (Å²) in [6.07, 6.45) is 4.69. The van der Waals surface area contributed by atoms with Gasteiger partial charge in [0.25, 0.3) is 11.5 Å². The molecule has 7 nitrogen and oxygen atoms in total. The first-order valence-corrected chi connectivity index (χ1v) is 8.92. The van der Waals surface area contributed by atoms with E-state index in [1.54, 1.807) is 18.3 Å². The lowest BCUT2D eigenvalue weighted by molar-refractivity contribution is -0.0153. The SMILES string of the molecule is O=C(N[C@@H]1CCOC[C@H]1Oc1ccccn1)c1cc2c([nH]c1=O)CCC2. The highest BCUT2D eigenvalue weighted by Crippen LogP contribution is 2.19. The summed E-state index contributed by atoms with van der Waals surface area (Å²) >= 11 is 0. The summed E-state index contributed by atoms with van der Waals surface area (Å²) in [7, 11) is 0. The fourth-order valence-electron chi connectivity index (χ4n) is 3.49. The Morgan fingerprint density at radius 1 is 1.35 bits per heavy atom. The van der Waals surface area contributed by atoms with Gasteiger partial charge in [-0.25, -0.2) is 4.98 Å².